The van der Waals surface area contributed by atoms with Crippen molar-refractivity contribution in [3.05, 3.63) is 0 Å². The van der Waals surface area contributed by atoms with Gasteiger partial charge in [0, 0.05) is 5.92 Å². The lowest BCUT2D eigenvalue weighted by Gasteiger charge is -2.08. The Bertz CT molecular complexity index is 90.9. The maximum absolute atomic E-state index is 4.92. The molecule has 1 unspecified atom stereocenters. The maximum Gasteiger partial charge on any atom is 0.162 e. The van der Waals surface area contributed by atoms with Gasteiger partial charge < -0.3 is 4.74 Å². The van der Waals surface area contributed by atoms with Gasteiger partial charge in [0.05, 0.1) is 7.11 Å². The molecule has 0 saturated carbocycles. The van der Waals surface area contributed by atoms with Crippen molar-refractivity contribution >= 4 is 17.3 Å². The molecule has 2 heteroatoms. The Morgan fingerprint density at radius 2 is 2.22 bits per heavy atom. The number of thiocarbonyl (C=S) groups is 1. The van der Waals surface area contributed by atoms with Gasteiger partial charge in [0.1, 0.15) is 0 Å². The van der Waals surface area contributed by atoms with Gasteiger partial charge in [-0.05, 0) is 18.6 Å². The minimum atomic E-state index is 0.440. The molecule has 0 aliphatic rings. The lowest BCUT2D eigenvalue weighted by molar-refractivity contribution is 0.377. The van der Waals surface area contributed by atoms with E-state index in [1.165, 1.54) is 6.42 Å². The van der Waals surface area contributed by atoms with Crippen LogP contribution in [0.4, 0.5) is 0 Å². The summed E-state index contributed by atoms with van der Waals surface area (Å²) in [5, 5.41) is 0.733. The lowest BCUT2D eigenvalue weighted by atomic mass is 10.1. The van der Waals surface area contributed by atoms with Gasteiger partial charge in [-0.1, -0.05) is 20.3 Å². The molecule has 54 valence electrons. The molecule has 0 aromatic rings. The van der Waals surface area contributed by atoms with Crippen LogP contribution in [0.15, 0.2) is 0 Å². The molecule has 0 amide bonds. The minimum absolute atomic E-state index is 0.440. The zero-order valence-electron chi connectivity index (χ0n) is 6.31. The van der Waals surface area contributed by atoms with Crippen LogP contribution in [0.3, 0.4) is 0 Å². The predicted molar refractivity (Wildman–Crippen MR) is 43.7 cm³/mol. The van der Waals surface area contributed by atoms with Crippen molar-refractivity contribution in [2.45, 2.75) is 26.7 Å². The molecule has 0 radical (unpaired) electrons. The molecule has 0 spiro atoms. The molecule has 0 aliphatic carbocycles. The summed E-state index contributed by atoms with van der Waals surface area (Å²) < 4.78 is 4.90. The minimum Gasteiger partial charge on any atom is -0.490 e. The maximum atomic E-state index is 4.92. The zero-order chi connectivity index (χ0) is 7.28. The molecular formula is C7H14OS. The van der Waals surface area contributed by atoms with Crippen LogP contribution in [-0.4, -0.2) is 12.2 Å². The predicted octanol–water partition coefficient (Wildman–Crippen LogP) is 2.40. The highest BCUT2D eigenvalue weighted by Gasteiger charge is 2.05. The van der Waals surface area contributed by atoms with Gasteiger partial charge in [-0.15, -0.1) is 0 Å². The molecule has 0 N–H and O–H groups in total. The molecule has 0 aromatic carbocycles. The van der Waals surface area contributed by atoms with Crippen LogP contribution in [0, 0.1) is 5.92 Å². The van der Waals surface area contributed by atoms with Crippen LogP contribution >= 0.6 is 12.2 Å². The van der Waals surface area contributed by atoms with Crippen molar-refractivity contribution in [2.24, 2.45) is 5.92 Å². The summed E-state index contributed by atoms with van der Waals surface area (Å²) in [7, 11) is 1.63. The van der Waals surface area contributed by atoms with Gasteiger partial charge in [0.15, 0.2) is 5.05 Å². The Morgan fingerprint density at radius 3 is 2.56 bits per heavy atom. The summed E-state index contributed by atoms with van der Waals surface area (Å²) in [6, 6.07) is 0. The largest absolute Gasteiger partial charge is 0.490 e. The van der Waals surface area contributed by atoms with Crippen molar-refractivity contribution in [3.8, 4) is 0 Å². The van der Waals surface area contributed by atoms with E-state index in [-0.39, 0.29) is 0 Å². The average molecular weight is 146 g/mol. The van der Waals surface area contributed by atoms with Crippen LogP contribution in [0.1, 0.15) is 26.7 Å². The van der Waals surface area contributed by atoms with E-state index in [9.17, 15) is 0 Å². The molecule has 0 bridgehead atoms. The number of rotatable bonds is 3. The number of hydrogen-bond acceptors (Lipinski definition) is 2. The smallest absolute Gasteiger partial charge is 0.162 e. The highest BCUT2D eigenvalue weighted by Crippen LogP contribution is 2.07. The van der Waals surface area contributed by atoms with E-state index in [2.05, 4.69) is 13.8 Å². The molecule has 1 nitrogen and oxygen atoms in total. The van der Waals surface area contributed by atoms with Crippen molar-refractivity contribution in [1.82, 2.24) is 0 Å². The summed E-state index contributed by atoms with van der Waals surface area (Å²) in [5.41, 5.74) is 0. The first-order valence-corrected chi connectivity index (χ1v) is 3.71. The first-order valence-electron chi connectivity index (χ1n) is 3.30. The second-order valence-electron chi connectivity index (χ2n) is 2.21. The molecular weight excluding hydrogens is 132 g/mol. The van der Waals surface area contributed by atoms with Gasteiger partial charge in [-0.25, -0.2) is 0 Å². The van der Waals surface area contributed by atoms with Gasteiger partial charge in [0.25, 0.3) is 0 Å². The Hall–Kier alpha value is -0.110. The van der Waals surface area contributed by atoms with Crippen molar-refractivity contribution in [1.29, 1.82) is 0 Å². The molecule has 0 heterocycles. The summed E-state index contributed by atoms with van der Waals surface area (Å²) in [6.07, 6.45) is 2.30. The molecule has 0 aliphatic heterocycles. The van der Waals surface area contributed by atoms with Gasteiger partial charge in [-0.2, -0.15) is 0 Å². The quantitative estimate of drug-likeness (QED) is 0.565. The summed E-state index contributed by atoms with van der Waals surface area (Å²) in [6.45, 7) is 4.24. The fraction of sp³-hybridized carbons (Fsp3) is 0.857. The molecule has 0 saturated heterocycles. The normalized spacial score (nSPS) is 12.8. The van der Waals surface area contributed by atoms with Gasteiger partial charge in [0.2, 0.25) is 0 Å². The third-order valence-electron chi connectivity index (χ3n) is 1.33. The number of ether oxygens (including phenoxy) is 1. The Labute approximate surface area is 62.4 Å². The van der Waals surface area contributed by atoms with E-state index >= 15 is 0 Å². The van der Waals surface area contributed by atoms with Gasteiger partial charge in [-0.3, -0.25) is 0 Å². The van der Waals surface area contributed by atoms with Crippen molar-refractivity contribution in [3.63, 3.8) is 0 Å². The SMILES string of the molecule is CCCC(C)C(=S)OC. The monoisotopic (exact) mass is 146 g/mol. The van der Waals surface area contributed by atoms with E-state index < -0.39 is 0 Å². The molecule has 1 atom stereocenters. The standard InChI is InChI=1S/C7H14OS/c1-4-5-6(2)7(9)8-3/h6H,4-5H2,1-3H3. The Kier molecular flexibility index (Phi) is 4.68. The first-order chi connectivity index (χ1) is 4.22. The van der Waals surface area contributed by atoms with Crippen molar-refractivity contribution < 1.29 is 4.74 Å². The topological polar surface area (TPSA) is 9.23 Å². The van der Waals surface area contributed by atoms with E-state index in [1.807, 2.05) is 0 Å². The molecule has 0 aromatic heterocycles. The lowest BCUT2D eigenvalue weighted by Crippen LogP contribution is -2.09. The molecule has 0 fully saturated rings. The molecule has 9 heavy (non-hydrogen) atoms. The van der Waals surface area contributed by atoms with Crippen molar-refractivity contribution in [2.75, 3.05) is 7.11 Å². The van der Waals surface area contributed by atoms with Crippen LogP contribution in [0.2, 0.25) is 0 Å². The summed E-state index contributed by atoms with van der Waals surface area (Å²) >= 11 is 4.92. The summed E-state index contributed by atoms with van der Waals surface area (Å²) in [5.74, 6) is 0.440. The first kappa shape index (κ1) is 8.89. The van der Waals surface area contributed by atoms with Crippen LogP contribution in [-0.2, 0) is 4.74 Å². The van der Waals surface area contributed by atoms with E-state index in [4.69, 9.17) is 17.0 Å². The zero-order valence-corrected chi connectivity index (χ0v) is 7.12. The van der Waals surface area contributed by atoms with Crippen LogP contribution in [0.25, 0.3) is 0 Å². The Morgan fingerprint density at radius 1 is 1.67 bits per heavy atom. The fourth-order valence-corrected chi connectivity index (χ4v) is 0.870. The summed E-state index contributed by atoms with van der Waals surface area (Å²) in [4.78, 5) is 0. The second kappa shape index (κ2) is 4.74. The number of hydrogen-bond donors (Lipinski definition) is 0. The van der Waals surface area contributed by atoms with E-state index in [0.717, 1.165) is 11.5 Å². The molecule has 0 rings (SSSR count). The third-order valence-corrected chi connectivity index (χ3v) is 1.89. The fourth-order valence-electron chi connectivity index (χ4n) is 0.752. The van der Waals surface area contributed by atoms with Crippen LogP contribution in [0.5, 0.6) is 0 Å². The van der Waals surface area contributed by atoms with E-state index in [1.54, 1.807) is 7.11 Å². The third kappa shape index (κ3) is 3.46. The Balaban J connectivity index is 3.45. The van der Waals surface area contributed by atoms with Crippen LogP contribution < -0.4 is 0 Å². The van der Waals surface area contributed by atoms with E-state index in [0.29, 0.717) is 5.92 Å². The highest BCUT2D eigenvalue weighted by molar-refractivity contribution is 7.80. The highest BCUT2D eigenvalue weighted by atomic mass is 32.1. The number of methoxy groups -OCH3 is 1. The van der Waals surface area contributed by atoms with Gasteiger partial charge >= 0.3 is 0 Å². The second-order valence-corrected chi connectivity index (χ2v) is 2.62. The average Bonchev–Trinajstić information content (AvgIpc) is 1.87.